The van der Waals surface area contributed by atoms with E-state index in [9.17, 15) is 5.11 Å². The van der Waals surface area contributed by atoms with E-state index in [-0.39, 0.29) is 0 Å². The summed E-state index contributed by atoms with van der Waals surface area (Å²) in [4.78, 5) is 6.52. The molecule has 1 aromatic carbocycles. The van der Waals surface area contributed by atoms with E-state index in [2.05, 4.69) is 33.7 Å². The number of fused-ring (bicyclic) bond motifs is 1. The Bertz CT molecular complexity index is 756. The van der Waals surface area contributed by atoms with Crippen molar-refractivity contribution in [2.45, 2.75) is 38.2 Å². The summed E-state index contributed by atoms with van der Waals surface area (Å²) in [7, 11) is 0. The van der Waals surface area contributed by atoms with Gasteiger partial charge in [-0.15, -0.1) is 11.3 Å². The Balaban J connectivity index is 1.82. The number of aliphatic hydroxyl groups excluding tert-OH is 1. The van der Waals surface area contributed by atoms with Crippen LogP contribution in [-0.2, 0) is 0 Å². The highest BCUT2D eigenvalue weighted by molar-refractivity contribution is 7.20. The van der Waals surface area contributed by atoms with Crippen molar-refractivity contribution in [1.29, 1.82) is 0 Å². The zero-order valence-electron chi connectivity index (χ0n) is 12.5. The van der Waals surface area contributed by atoms with Gasteiger partial charge in [-0.1, -0.05) is 49.6 Å². The number of hydrogen-bond acceptors (Lipinski definition) is 3. The molecule has 0 aliphatic heterocycles. The number of benzene rings is 1. The lowest BCUT2D eigenvalue weighted by Gasteiger charge is -2.27. The molecule has 0 unspecified atom stereocenters. The molecule has 0 spiro atoms. The van der Waals surface area contributed by atoms with Gasteiger partial charge >= 0.3 is 0 Å². The van der Waals surface area contributed by atoms with Crippen LogP contribution in [0.1, 0.15) is 43.9 Å². The average Bonchev–Trinajstić information content (AvgIpc) is 3.16. The molecule has 4 heteroatoms. The molecule has 22 heavy (non-hydrogen) atoms. The standard InChI is InChI=1S/C18H20N2OS/c21-17(13-7-3-1-4-8-13)16-18(14-9-5-2-6-10-14)22-15-11-19-12-20(15)16/h2,5-6,9-13,17,21H,1,3-4,7-8H2/t17-/m0/s1. The maximum atomic E-state index is 11.1. The Morgan fingerprint density at radius 2 is 1.91 bits per heavy atom. The topological polar surface area (TPSA) is 37.5 Å². The van der Waals surface area contributed by atoms with E-state index in [0.717, 1.165) is 23.4 Å². The van der Waals surface area contributed by atoms with Crippen molar-refractivity contribution in [2.24, 2.45) is 5.92 Å². The van der Waals surface area contributed by atoms with E-state index >= 15 is 0 Å². The van der Waals surface area contributed by atoms with Crippen LogP contribution in [0.3, 0.4) is 0 Å². The number of imidazole rings is 1. The number of hydrogen-bond donors (Lipinski definition) is 1. The number of thiazole rings is 1. The molecular weight excluding hydrogens is 292 g/mol. The quantitative estimate of drug-likeness (QED) is 0.762. The average molecular weight is 312 g/mol. The number of aliphatic hydroxyl groups is 1. The Morgan fingerprint density at radius 1 is 1.14 bits per heavy atom. The first-order chi connectivity index (χ1) is 10.8. The first-order valence-corrected chi connectivity index (χ1v) is 8.84. The Hall–Kier alpha value is -1.65. The predicted octanol–water partition coefficient (Wildman–Crippen LogP) is 4.68. The minimum atomic E-state index is -0.404. The smallest absolute Gasteiger partial charge is 0.120 e. The molecule has 114 valence electrons. The first-order valence-electron chi connectivity index (χ1n) is 8.03. The fourth-order valence-corrected chi connectivity index (χ4v) is 4.70. The summed E-state index contributed by atoms with van der Waals surface area (Å²) in [5.74, 6) is 0.372. The van der Waals surface area contributed by atoms with Crippen molar-refractivity contribution in [3.63, 3.8) is 0 Å². The molecule has 1 aliphatic rings. The molecule has 0 amide bonds. The molecule has 0 radical (unpaired) electrons. The van der Waals surface area contributed by atoms with Gasteiger partial charge in [-0.3, -0.25) is 4.40 Å². The normalized spacial score (nSPS) is 17.9. The van der Waals surface area contributed by atoms with Crippen LogP contribution in [0, 0.1) is 5.92 Å². The predicted molar refractivity (Wildman–Crippen MR) is 90.0 cm³/mol. The molecule has 1 N–H and O–H groups in total. The van der Waals surface area contributed by atoms with Gasteiger partial charge in [0.05, 0.1) is 22.9 Å². The van der Waals surface area contributed by atoms with E-state index < -0.39 is 6.10 Å². The van der Waals surface area contributed by atoms with Crippen molar-refractivity contribution in [1.82, 2.24) is 9.38 Å². The fourth-order valence-electron chi connectivity index (χ4n) is 3.55. The molecule has 3 aromatic rings. The van der Waals surface area contributed by atoms with Crippen molar-refractivity contribution in [3.8, 4) is 10.4 Å². The third-order valence-corrected chi connectivity index (χ3v) is 5.88. The number of aromatic nitrogens is 2. The van der Waals surface area contributed by atoms with Gasteiger partial charge in [-0.25, -0.2) is 4.98 Å². The largest absolute Gasteiger partial charge is 0.387 e. The number of nitrogens with zero attached hydrogens (tertiary/aromatic N) is 2. The Morgan fingerprint density at radius 3 is 2.68 bits per heavy atom. The highest BCUT2D eigenvalue weighted by Gasteiger charge is 2.28. The van der Waals surface area contributed by atoms with Gasteiger partial charge < -0.3 is 5.11 Å². The van der Waals surface area contributed by atoms with E-state index in [1.54, 1.807) is 11.3 Å². The minimum Gasteiger partial charge on any atom is -0.387 e. The molecule has 3 nitrogen and oxygen atoms in total. The van der Waals surface area contributed by atoms with Crippen LogP contribution >= 0.6 is 11.3 Å². The zero-order chi connectivity index (χ0) is 14.9. The SMILES string of the molecule is O[C@H](c1c(-c2ccccc2)sc2cncn12)C1CCCCC1. The summed E-state index contributed by atoms with van der Waals surface area (Å²) in [6, 6.07) is 10.4. The van der Waals surface area contributed by atoms with Gasteiger partial charge in [-0.2, -0.15) is 0 Å². The monoisotopic (exact) mass is 312 g/mol. The molecule has 0 saturated heterocycles. The fraction of sp³-hybridized carbons (Fsp3) is 0.389. The Labute approximate surface area is 134 Å². The summed E-state index contributed by atoms with van der Waals surface area (Å²) in [6.07, 6.45) is 9.34. The highest BCUT2D eigenvalue weighted by atomic mass is 32.1. The third-order valence-electron chi connectivity index (χ3n) is 4.72. The maximum Gasteiger partial charge on any atom is 0.120 e. The van der Waals surface area contributed by atoms with Crippen molar-refractivity contribution >= 4 is 16.2 Å². The second-order valence-corrected chi connectivity index (χ2v) is 7.16. The molecule has 2 heterocycles. The lowest BCUT2D eigenvalue weighted by Crippen LogP contribution is -2.17. The summed E-state index contributed by atoms with van der Waals surface area (Å²) in [5, 5.41) is 11.1. The van der Waals surface area contributed by atoms with Crippen molar-refractivity contribution in [2.75, 3.05) is 0 Å². The van der Waals surface area contributed by atoms with Gasteiger partial charge in [0.15, 0.2) is 0 Å². The molecule has 1 atom stereocenters. The highest BCUT2D eigenvalue weighted by Crippen LogP contribution is 2.42. The Kier molecular flexibility index (Phi) is 3.72. The molecule has 1 aliphatic carbocycles. The zero-order valence-corrected chi connectivity index (χ0v) is 13.3. The maximum absolute atomic E-state index is 11.1. The molecule has 0 bridgehead atoms. The van der Waals surface area contributed by atoms with Gasteiger partial charge in [-0.05, 0) is 24.3 Å². The van der Waals surface area contributed by atoms with Gasteiger partial charge in [0.25, 0.3) is 0 Å². The van der Waals surface area contributed by atoms with Crippen LogP contribution in [0.4, 0.5) is 0 Å². The van der Waals surface area contributed by atoms with Crippen LogP contribution in [0.15, 0.2) is 42.9 Å². The first kappa shape index (κ1) is 14.0. The molecule has 1 saturated carbocycles. The van der Waals surface area contributed by atoms with E-state index in [4.69, 9.17) is 0 Å². The third kappa shape index (κ3) is 2.36. The van der Waals surface area contributed by atoms with Crippen molar-refractivity contribution in [3.05, 3.63) is 48.5 Å². The van der Waals surface area contributed by atoms with Crippen LogP contribution in [0.25, 0.3) is 15.3 Å². The molecular formula is C18H20N2OS. The van der Waals surface area contributed by atoms with Crippen LogP contribution < -0.4 is 0 Å². The van der Waals surface area contributed by atoms with Crippen molar-refractivity contribution < 1.29 is 5.11 Å². The van der Waals surface area contributed by atoms with Gasteiger partial charge in [0.2, 0.25) is 0 Å². The van der Waals surface area contributed by atoms with Gasteiger partial charge in [0, 0.05) is 0 Å². The van der Waals surface area contributed by atoms with Gasteiger partial charge in [0.1, 0.15) is 11.2 Å². The minimum absolute atomic E-state index is 0.372. The number of rotatable bonds is 3. The summed E-state index contributed by atoms with van der Waals surface area (Å²) >= 11 is 1.72. The van der Waals surface area contributed by atoms with Crippen LogP contribution in [0.2, 0.25) is 0 Å². The van der Waals surface area contributed by atoms with E-state index in [0.29, 0.717) is 5.92 Å². The molecule has 4 rings (SSSR count). The summed E-state index contributed by atoms with van der Waals surface area (Å²) in [6.45, 7) is 0. The van der Waals surface area contributed by atoms with Crippen LogP contribution in [-0.4, -0.2) is 14.5 Å². The summed E-state index contributed by atoms with van der Waals surface area (Å²) in [5.41, 5.74) is 2.21. The van der Waals surface area contributed by atoms with E-state index in [1.807, 2.05) is 18.6 Å². The van der Waals surface area contributed by atoms with Crippen LogP contribution in [0.5, 0.6) is 0 Å². The molecule has 1 fully saturated rings. The summed E-state index contributed by atoms with van der Waals surface area (Å²) < 4.78 is 2.08. The lowest BCUT2D eigenvalue weighted by molar-refractivity contribution is 0.0811. The second-order valence-electron chi connectivity index (χ2n) is 6.13. The lowest BCUT2D eigenvalue weighted by atomic mass is 9.83. The molecule has 2 aromatic heterocycles. The van der Waals surface area contributed by atoms with E-state index in [1.165, 1.54) is 29.7 Å². The second kappa shape index (κ2) is 5.86.